The van der Waals surface area contributed by atoms with Gasteiger partial charge in [0.1, 0.15) is 5.75 Å². The lowest BCUT2D eigenvalue weighted by molar-refractivity contribution is 0.112. The molecule has 0 atom stereocenters. The highest BCUT2D eigenvalue weighted by Crippen LogP contribution is 2.39. The monoisotopic (exact) mass is 224 g/mol. The van der Waals surface area contributed by atoms with Crippen molar-refractivity contribution in [2.24, 2.45) is 0 Å². The number of benzene rings is 1. The molecule has 4 heteroatoms. The van der Waals surface area contributed by atoms with Crippen LogP contribution in [0.25, 0.3) is 10.8 Å². The maximum atomic E-state index is 10.6. The average Bonchev–Trinajstić information content (AvgIpc) is 2.62. The minimum atomic E-state index is 0.100. The van der Waals surface area contributed by atoms with Gasteiger partial charge in [0.15, 0.2) is 6.29 Å². The van der Waals surface area contributed by atoms with Crippen molar-refractivity contribution in [1.82, 2.24) is 0 Å². The van der Waals surface area contributed by atoms with Gasteiger partial charge in [-0.25, -0.2) is 0 Å². The Balaban J connectivity index is 2.83. The van der Waals surface area contributed by atoms with Crippen LogP contribution in [0.15, 0.2) is 21.7 Å². The predicted molar refractivity (Wildman–Crippen MR) is 60.7 cm³/mol. The summed E-state index contributed by atoms with van der Waals surface area (Å²) in [5.74, 6) is 0.100. The first-order valence-corrected chi connectivity index (χ1v) is 6.10. The number of hydrogen-bond acceptors (Lipinski definition) is 4. The van der Waals surface area contributed by atoms with E-state index in [1.807, 2.05) is 17.7 Å². The molecule has 14 heavy (non-hydrogen) atoms. The molecule has 0 saturated carbocycles. The van der Waals surface area contributed by atoms with E-state index in [4.69, 9.17) is 0 Å². The second-order valence-corrected chi connectivity index (χ2v) is 4.77. The Bertz CT molecular complexity index is 488. The van der Waals surface area contributed by atoms with E-state index in [0.717, 1.165) is 15.0 Å². The summed E-state index contributed by atoms with van der Waals surface area (Å²) >= 11 is 3.16. The van der Waals surface area contributed by atoms with Crippen molar-refractivity contribution in [3.05, 3.63) is 23.1 Å². The Morgan fingerprint density at radius 2 is 2.29 bits per heavy atom. The number of aldehydes is 1. The molecule has 1 heterocycles. The van der Waals surface area contributed by atoms with Gasteiger partial charge in [-0.3, -0.25) is 4.79 Å². The van der Waals surface area contributed by atoms with Crippen molar-refractivity contribution < 1.29 is 9.90 Å². The summed E-state index contributed by atoms with van der Waals surface area (Å²) < 4.78 is 1.04. The van der Waals surface area contributed by atoms with Gasteiger partial charge in [0.05, 0.1) is 9.77 Å². The van der Waals surface area contributed by atoms with Gasteiger partial charge in [0.25, 0.3) is 0 Å². The SMILES string of the molecule is CSc1scc2ccc(C=O)c(O)c12. The molecule has 0 bridgehead atoms. The van der Waals surface area contributed by atoms with Gasteiger partial charge < -0.3 is 5.11 Å². The molecule has 0 aliphatic carbocycles. The number of carbonyl (C=O) groups is 1. The Labute approximate surface area is 89.6 Å². The third kappa shape index (κ3) is 1.31. The molecule has 2 aromatic rings. The molecule has 0 saturated heterocycles. The van der Waals surface area contributed by atoms with Gasteiger partial charge in [-0.05, 0) is 23.1 Å². The van der Waals surface area contributed by atoms with Crippen LogP contribution in [0.4, 0.5) is 0 Å². The van der Waals surface area contributed by atoms with E-state index in [2.05, 4.69) is 0 Å². The molecule has 1 N–H and O–H groups in total. The van der Waals surface area contributed by atoms with Crippen LogP contribution in [0.3, 0.4) is 0 Å². The quantitative estimate of drug-likeness (QED) is 0.629. The molecule has 1 aromatic carbocycles. The number of hydrogen-bond donors (Lipinski definition) is 1. The number of rotatable bonds is 2. The fraction of sp³-hybridized carbons (Fsp3) is 0.100. The number of thiophene rings is 1. The summed E-state index contributed by atoms with van der Waals surface area (Å²) in [6.45, 7) is 0. The summed E-state index contributed by atoms with van der Waals surface area (Å²) in [5.41, 5.74) is 0.353. The zero-order chi connectivity index (χ0) is 10.1. The van der Waals surface area contributed by atoms with Crippen LogP contribution in [-0.4, -0.2) is 17.6 Å². The van der Waals surface area contributed by atoms with E-state index < -0.39 is 0 Å². The number of aromatic hydroxyl groups is 1. The summed E-state index contributed by atoms with van der Waals surface area (Å²) in [7, 11) is 0. The lowest BCUT2D eigenvalue weighted by atomic mass is 10.1. The molecular formula is C10H8O2S2. The average molecular weight is 224 g/mol. The lowest BCUT2D eigenvalue weighted by Gasteiger charge is -2.00. The van der Waals surface area contributed by atoms with E-state index in [1.165, 1.54) is 0 Å². The summed E-state index contributed by atoms with van der Waals surface area (Å²) in [5, 5.41) is 13.6. The zero-order valence-corrected chi connectivity index (χ0v) is 9.11. The van der Waals surface area contributed by atoms with Gasteiger partial charge in [-0.1, -0.05) is 6.07 Å². The number of phenols is 1. The highest BCUT2D eigenvalue weighted by molar-refractivity contribution is 8.00. The van der Waals surface area contributed by atoms with Crippen molar-refractivity contribution in [1.29, 1.82) is 0 Å². The Kier molecular flexibility index (Phi) is 2.48. The number of fused-ring (bicyclic) bond motifs is 1. The maximum absolute atomic E-state index is 10.6. The minimum absolute atomic E-state index is 0.100. The third-order valence-electron chi connectivity index (χ3n) is 2.05. The molecule has 2 rings (SSSR count). The standard InChI is InChI=1S/C10H8O2S2/c1-13-10-8-7(5-14-10)3-2-6(4-11)9(8)12/h2-5,12H,1H3. The van der Waals surface area contributed by atoms with Crippen LogP contribution < -0.4 is 0 Å². The molecule has 0 aliphatic heterocycles. The fourth-order valence-electron chi connectivity index (χ4n) is 1.36. The van der Waals surface area contributed by atoms with E-state index in [9.17, 15) is 9.90 Å². The minimum Gasteiger partial charge on any atom is -0.506 e. The van der Waals surface area contributed by atoms with Gasteiger partial charge >= 0.3 is 0 Å². The fourth-order valence-corrected chi connectivity index (χ4v) is 3.07. The molecule has 0 aliphatic rings. The highest BCUT2D eigenvalue weighted by atomic mass is 32.2. The molecule has 2 nitrogen and oxygen atoms in total. The molecule has 0 radical (unpaired) electrons. The normalized spacial score (nSPS) is 10.6. The van der Waals surface area contributed by atoms with Gasteiger partial charge in [0, 0.05) is 5.39 Å². The molecule has 0 spiro atoms. The van der Waals surface area contributed by atoms with Gasteiger partial charge in [0.2, 0.25) is 0 Å². The molecule has 72 valence electrons. The van der Waals surface area contributed by atoms with E-state index in [0.29, 0.717) is 11.8 Å². The van der Waals surface area contributed by atoms with Crippen molar-refractivity contribution in [2.75, 3.05) is 6.26 Å². The molecule has 0 fully saturated rings. The van der Waals surface area contributed by atoms with Crippen LogP contribution in [0.2, 0.25) is 0 Å². The molecule has 0 unspecified atom stereocenters. The van der Waals surface area contributed by atoms with E-state index in [-0.39, 0.29) is 5.75 Å². The molecular weight excluding hydrogens is 216 g/mol. The van der Waals surface area contributed by atoms with Crippen molar-refractivity contribution in [2.45, 2.75) is 4.21 Å². The van der Waals surface area contributed by atoms with Crippen LogP contribution in [0, 0.1) is 0 Å². The predicted octanol–water partition coefficient (Wildman–Crippen LogP) is 3.14. The first-order chi connectivity index (χ1) is 6.77. The first-order valence-electron chi connectivity index (χ1n) is 4.00. The van der Waals surface area contributed by atoms with E-state index >= 15 is 0 Å². The number of thioether (sulfide) groups is 1. The van der Waals surface area contributed by atoms with Crippen LogP contribution in [0.1, 0.15) is 10.4 Å². The van der Waals surface area contributed by atoms with Gasteiger partial charge in [-0.2, -0.15) is 0 Å². The van der Waals surface area contributed by atoms with Crippen molar-refractivity contribution >= 4 is 40.2 Å². The van der Waals surface area contributed by atoms with E-state index in [1.54, 1.807) is 29.2 Å². The summed E-state index contributed by atoms with van der Waals surface area (Å²) in [4.78, 5) is 10.6. The number of phenolic OH excluding ortho intramolecular Hbond substituents is 1. The maximum Gasteiger partial charge on any atom is 0.153 e. The zero-order valence-electron chi connectivity index (χ0n) is 7.48. The molecule has 1 aromatic heterocycles. The smallest absolute Gasteiger partial charge is 0.153 e. The first kappa shape index (κ1) is 9.55. The largest absolute Gasteiger partial charge is 0.506 e. The third-order valence-corrected chi connectivity index (χ3v) is 4.20. The van der Waals surface area contributed by atoms with Crippen LogP contribution in [0.5, 0.6) is 5.75 Å². The summed E-state index contributed by atoms with van der Waals surface area (Å²) in [6.07, 6.45) is 2.63. The topological polar surface area (TPSA) is 37.3 Å². The van der Waals surface area contributed by atoms with Gasteiger partial charge in [-0.15, -0.1) is 23.1 Å². The highest BCUT2D eigenvalue weighted by Gasteiger charge is 2.11. The Morgan fingerprint density at radius 3 is 2.93 bits per heavy atom. The van der Waals surface area contributed by atoms with Crippen molar-refractivity contribution in [3.63, 3.8) is 0 Å². The van der Waals surface area contributed by atoms with Crippen LogP contribution >= 0.6 is 23.1 Å². The summed E-state index contributed by atoms with van der Waals surface area (Å²) in [6, 6.07) is 3.50. The van der Waals surface area contributed by atoms with Crippen molar-refractivity contribution in [3.8, 4) is 5.75 Å². The molecule has 0 amide bonds. The second-order valence-electron chi connectivity index (χ2n) is 2.81. The van der Waals surface area contributed by atoms with Crippen LogP contribution in [-0.2, 0) is 0 Å². The second kappa shape index (κ2) is 3.63. The number of carbonyl (C=O) groups excluding carboxylic acids is 1. The lowest BCUT2D eigenvalue weighted by Crippen LogP contribution is -1.81. The Morgan fingerprint density at radius 1 is 1.50 bits per heavy atom. The Hall–Kier alpha value is -1.00.